The Hall–Kier alpha value is -4.37. The molecule has 0 aliphatic heterocycles. The molecule has 0 atom stereocenters. The standard InChI is InChI=1S/C29H29ClN4O5/c1-37-24-9-4-3-7-20(24)14-15-31-27(35)13-11-23-29(36)32-28(34-33-23)21-10-12-25(26(17-21)38-2)39-18-19-6-5-8-22(30)16-19/h3-10,12,16-17H,11,13-15,18H2,1-2H3,(H,31,35)(H,32,34,36). The summed E-state index contributed by atoms with van der Waals surface area (Å²) in [6.07, 6.45) is 0.928. The Bertz CT molecular complexity index is 1490. The lowest BCUT2D eigenvalue weighted by Gasteiger charge is -2.12. The molecule has 4 rings (SSSR count). The van der Waals surface area contributed by atoms with Gasteiger partial charge in [0.1, 0.15) is 18.1 Å². The lowest BCUT2D eigenvalue weighted by molar-refractivity contribution is -0.121. The van der Waals surface area contributed by atoms with Crippen molar-refractivity contribution in [2.24, 2.45) is 0 Å². The number of hydrogen-bond acceptors (Lipinski definition) is 7. The maximum Gasteiger partial charge on any atom is 0.273 e. The number of carbonyl (C=O) groups is 1. The van der Waals surface area contributed by atoms with Crippen LogP contribution in [0.1, 0.15) is 23.2 Å². The zero-order valence-electron chi connectivity index (χ0n) is 21.7. The molecule has 0 aliphatic carbocycles. The van der Waals surface area contributed by atoms with Crippen LogP contribution in [-0.2, 0) is 24.2 Å². The maximum absolute atomic E-state index is 12.6. The van der Waals surface area contributed by atoms with Crippen LogP contribution in [0.2, 0.25) is 5.02 Å². The van der Waals surface area contributed by atoms with Crippen LogP contribution < -0.4 is 25.1 Å². The first kappa shape index (κ1) is 27.7. The van der Waals surface area contributed by atoms with Crippen LogP contribution in [0.25, 0.3) is 11.4 Å². The molecule has 9 nitrogen and oxygen atoms in total. The molecule has 0 spiro atoms. The Morgan fingerprint density at radius 3 is 2.51 bits per heavy atom. The number of ether oxygens (including phenoxy) is 3. The van der Waals surface area contributed by atoms with Crippen LogP contribution in [0.3, 0.4) is 0 Å². The van der Waals surface area contributed by atoms with Gasteiger partial charge in [-0.15, -0.1) is 10.2 Å². The summed E-state index contributed by atoms with van der Waals surface area (Å²) >= 11 is 6.04. The van der Waals surface area contributed by atoms with Crippen molar-refractivity contribution < 1.29 is 19.0 Å². The number of aromatic nitrogens is 3. The van der Waals surface area contributed by atoms with Crippen LogP contribution in [0, 0.1) is 0 Å². The first-order valence-electron chi connectivity index (χ1n) is 12.4. The molecule has 1 heterocycles. The Morgan fingerprint density at radius 2 is 1.74 bits per heavy atom. The van der Waals surface area contributed by atoms with E-state index in [4.69, 9.17) is 25.8 Å². The van der Waals surface area contributed by atoms with Crippen LogP contribution in [0.4, 0.5) is 0 Å². The summed E-state index contributed by atoms with van der Waals surface area (Å²) in [4.78, 5) is 27.7. The largest absolute Gasteiger partial charge is 0.496 e. The SMILES string of the molecule is COc1ccccc1CCNC(=O)CCc1nnc(-c2ccc(OCc3cccc(Cl)c3)c(OC)c2)[nH]c1=O. The highest BCUT2D eigenvalue weighted by Crippen LogP contribution is 2.31. The van der Waals surface area contributed by atoms with E-state index in [1.54, 1.807) is 31.4 Å². The van der Waals surface area contributed by atoms with Crippen LogP contribution in [-0.4, -0.2) is 41.9 Å². The van der Waals surface area contributed by atoms with Gasteiger partial charge in [0.15, 0.2) is 17.3 Å². The van der Waals surface area contributed by atoms with Crippen molar-refractivity contribution in [3.63, 3.8) is 0 Å². The summed E-state index contributed by atoms with van der Waals surface area (Å²) in [5.74, 6) is 1.90. The van der Waals surface area contributed by atoms with Crippen molar-refractivity contribution in [3.8, 4) is 28.6 Å². The third-order valence-corrected chi connectivity index (χ3v) is 6.22. The highest BCUT2D eigenvalue weighted by atomic mass is 35.5. The lowest BCUT2D eigenvalue weighted by atomic mass is 10.1. The number of halogens is 1. The van der Waals surface area contributed by atoms with Gasteiger partial charge in [0.2, 0.25) is 5.91 Å². The zero-order valence-corrected chi connectivity index (χ0v) is 22.5. The van der Waals surface area contributed by atoms with Crippen LogP contribution in [0.5, 0.6) is 17.2 Å². The molecule has 0 aliphatic rings. The second-order valence-electron chi connectivity index (χ2n) is 8.65. The summed E-state index contributed by atoms with van der Waals surface area (Å²) in [6.45, 7) is 0.774. The van der Waals surface area contributed by atoms with Gasteiger partial charge >= 0.3 is 0 Å². The van der Waals surface area contributed by atoms with Gasteiger partial charge in [0.05, 0.1) is 14.2 Å². The van der Waals surface area contributed by atoms with Gasteiger partial charge in [-0.2, -0.15) is 0 Å². The number of H-pyrrole nitrogens is 1. The van der Waals surface area contributed by atoms with E-state index in [1.165, 1.54) is 7.11 Å². The summed E-state index contributed by atoms with van der Waals surface area (Å²) in [7, 11) is 3.15. The van der Waals surface area contributed by atoms with E-state index < -0.39 is 5.56 Å². The third kappa shape index (κ3) is 7.58. The number of carbonyl (C=O) groups excluding carboxylic acids is 1. The molecule has 0 bridgehead atoms. The first-order valence-corrected chi connectivity index (χ1v) is 12.7. The highest BCUT2D eigenvalue weighted by molar-refractivity contribution is 6.30. The van der Waals surface area contributed by atoms with Crippen molar-refractivity contribution in [2.45, 2.75) is 25.9 Å². The fourth-order valence-electron chi connectivity index (χ4n) is 3.94. The molecule has 10 heteroatoms. The first-order chi connectivity index (χ1) is 19.0. The molecule has 1 aromatic heterocycles. The van der Waals surface area contributed by atoms with Crippen LogP contribution in [0.15, 0.2) is 71.5 Å². The number of benzene rings is 3. The van der Waals surface area contributed by atoms with Crippen molar-refractivity contribution in [1.82, 2.24) is 20.5 Å². The third-order valence-electron chi connectivity index (χ3n) is 5.98. The fourth-order valence-corrected chi connectivity index (χ4v) is 4.16. The number of aryl methyl sites for hydroxylation is 1. The van der Waals surface area contributed by atoms with E-state index in [1.807, 2.05) is 42.5 Å². The number of hydrogen-bond donors (Lipinski definition) is 2. The van der Waals surface area contributed by atoms with Gasteiger partial charge in [-0.1, -0.05) is 41.9 Å². The molecular formula is C29H29ClN4O5. The average molecular weight is 549 g/mol. The van der Waals surface area contributed by atoms with E-state index >= 15 is 0 Å². The second kappa shape index (κ2) is 13.4. The number of nitrogens with one attached hydrogen (secondary N) is 2. The number of aromatic amines is 1. The van der Waals surface area contributed by atoms with E-state index in [0.29, 0.717) is 41.7 Å². The molecule has 2 N–H and O–H groups in total. The zero-order chi connectivity index (χ0) is 27.6. The van der Waals surface area contributed by atoms with Crippen LogP contribution >= 0.6 is 11.6 Å². The number of methoxy groups -OCH3 is 2. The molecule has 202 valence electrons. The molecule has 0 fully saturated rings. The van der Waals surface area contributed by atoms with Crippen molar-refractivity contribution in [2.75, 3.05) is 20.8 Å². The minimum Gasteiger partial charge on any atom is -0.496 e. The van der Waals surface area contributed by atoms with Gasteiger partial charge in [0.25, 0.3) is 5.56 Å². The molecule has 39 heavy (non-hydrogen) atoms. The smallest absolute Gasteiger partial charge is 0.273 e. The fraction of sp³-hybridized carbons (Fsp3) is 0.241. The number of nitrogens with zero attached hydrogens (tertiary/aromatic N) is 2. The average Bonchev–Trinajstić information content (AvgIpc) is 2.95. The number of para-hydroxylation sites is 1. The normalized spacial score (nSPS) is 10.6. The number of amides is 1. The van der Waals surface area contributed by atoms with Gasteiger partial charge in [-0.25, -0.2) is 0 Å². The van der Waals surface area contributed by atoms with E-state index in [2.05, 4.69) is 20.5 Å². The summed E-state index contributed by atoms with van der Waals surface area (Å²) in [6, 6.07) is 20.3. The van der Waals surface area contributed by atoms with Gasteiger partial charge in [-0.05, 0) is 53.9 Å². The van der Waals surface area contributed by atoms with Crippen molar-refractivity contribution in [1.29, 1.82) is 0 Å². The van der Waals surface area contributed by atoms with Gasteiger partial charge in [0, 0.05) is 30.0 Å². The molecule has 0 saturated heterocycles. The molecule has 3 aromatic carbocycles. The van der Waals surface area contributed by atoms with E-state index in [9.17, 15) is 9.59 Å². The molecule has 0 radical (unpaired) electrons. The van der Waals surface area contributed by atoms with Gasteiger partial charge < -0.3 is 24.5 Å². The van der Waals surface area contributed by atoms with Crippen molar-refractivity contribution in [3.05, 3.63) is 98.9 Å². The van der Waals surface area contributed by atoms with E-state index in [0.717, 1.165) is 16.9 Å². The maximum atomic E-state index is 12.6. The predicted octanol–water partition coefficient (Wildman–Crippen LogP) is 4.37. The second-order valence-corrected chi connectivity index (χ2v) is 9.08. The Morgan fingerprint density at radius 1 is 0.923 bits per heavy atom. The molecule has 0 unspecified atom stereocenters. The Labute approximate surface area is 231 Å². The van der Waals surface area contributed by atoms with Gasteiger partial charge in [-0.3, -0.25) is 9.59 Å². The lowest BCUT2D eigenvalue weighted by Crippen LogP contribution is -2.27. The highest BCUT2D eigenvalue weighted by Gasteiger charge is 2.13. The predicted molar refractivity (Wildman–Crippen MR) is 148 cm³/mol. The minimum atomic E-state index is -0.401. The van der Waals surface area contributed by atoms with Crippen molar-refractivity contribution >= 4 is 17.5 Å². The van der Waals surface area contributed by atoms with E-state index in [-0.39, 0.29) is 30.3 Å². The molecule has 0 saturated carbocycles. The molecule has 4 aromatic rings. The summed E-state index contributed by atoms with van der Waals surface area (Å²) < 4.78 is 16.7. The Kier molecular flexibility index (Phi) is 9.53. The quantitative estimate of drug-likeness (QED) is 0.270. The number of rotatable bonds is 12. The monoisotopic (exact) mass is 548 g/mol. The topological polar surface area (TPSA) is 115 Å². The summed E-state index contributed by atoms with van der Waals surface area (Å²) in [5, 5.41) is 11.7. The molecular weight excluding hydrogens is 520 g/mol. The molecule has 1 amide bonds. The minimum absolute atomic E-state index is 0.121. The summed E-state index contributed by atoms with van der Waals surface area (Å²) in [5.41, 5.74) is 2.32. The Balaban J connectivity index is 1.33.